The number of hydrogen-bond donors (Lipinski definition) is 1. The van der Waals surface area contributed by atoms with Crippen LogP contribution in [0.4, 0.5) is 0 Å². The van der Waals surface area contributed by atoms with E-state index in [4.69, 9.17) is 17.0 Å². The predicted octanol–water partition coefficient (Wildman–Crippen LogP) is 4.13. The minimum Gasteiger partial charge on any atom is -0.370 e. The lowest BCUT2D eigenvalue weighted by Crippen LogP contribution is -2.30. The number of nitrogens with zero attached hydrogens (tertiary/aromatic N) is 1. The van der Waals surface area contributed by atoms with Crippen LogP contribution in [-0.2, 0) is 16.8 Å². The maximum atomic E-state index is 5.66. The zero-order valence-corrected chi connectivity index (χ0v) is 13.2. The Morgan fingerprint density at radius 2 is 1.94 bits per heavy atom. The molecule has 0 saturated carbocycles. The number of hydrogen-bond acceptors (Lipinski definition) is 3. The Morgan fingerprint density at radius 1 is 1.35 bits per heavy atom. The van der Waals surface area contributed by atoms with Crippen LogP contribution >= 0.6 is 28.1 Å². The van der Waals surface area contributed by atoms with E-state index in [9.17, 15) is 0 Å². The number of nitrogens with one attached hydrogen (secondary N) is 1. The van der Waals surface area contributed by atoms with E-state index in [1.54, 1.807) is 7.11 Å². The number of H-pyrrole nitrogens is 1. The first-order valence-electron chi connectivity index (χ1n) is 5.88. The molecule has 96 valence electrons. The van der Waals surface area contributed by atoms with Gasteiger partial charge in [-0.15, -0.1) is 0 Å². The van der Waals surface area contributed by atoms with Gasteiger partial charge in [0.05, 0.1) is 4.47 Å². The summed E-state index contributed by atoms with van der Waals surface area (Å²) >= 11 is 8.74. The van der Waals surface area contributed by atoms with E-state index in [1.165, 1.54) is 0 Å². The second kappa shape index (κ2) is 6.07. The summed E-state index contributed by atoms with van der Waals surface area (Å²) in [5.74, 6) is 0.829. The third-order valence-corrected chi connectivity index (χ3v) is 4.67. The van der Waals surface area contributed by atoms with Crippen LogP contribution < -0.4 is 0 Å². The van der Waals surface area contributed by atoms with Crippen molar-refractivity contribution in [2.75, 3.05) is 7.11 Å². The maximum absolute atomic E-state index is 5.66. The molecule has 1 rings (SSSR count). The molecule has 0 spiro atoms. The van der Waals surface area contributed by atoms with Gasteiger partial charge < -0.3 is 9.72 Å². The van der Waals surface area contributed by atoms with E-state index in [2.05, 4.69) is 46.7 Å². The maximum Gasteiger partial charge on any atom is 0.144 e. The van der Waals surface area contributed by atoms with Gasteiger partial charge in [-0.1, -0.05) is 33.0 Å². The van der Waals surface area contributed by atoms with Gasteiger partial charge in [-0.3, -0.25) is 0 Å². The number of halogens is 1. The Bertz CT molecular complexity index is 432. The molecule has 3 nitrogen and oxygen atoms in total. The summed E-state index contributed by atoms with van der Waals surface area (Å²) in [5, 5.41) is 0. The normalized spacial score (nSPS) is 11.8. The van der Waals surface area contributed by atoms with Crippen molar-refractivity contribution >= 4 is 28.1 Å². The highest BCUT2D eigenvalue weighted by Crippen LogP contribution is 2.31. The fourth-order valence-electron chi connectivity index (χ4n) is 1.94. The van der Waals surface area contributed by atoms with Crippen molar-refractivity contribution in [2.45, 2.75) is 45.6 Å². The molecule has 0 aliphatic heterocycles. The van der Waals surface area contributed by atoms with Gasteiger partial charge in [-0.25, -0.2) is 4.98 Å². The summed E-state index contributed by atoms with van der Waals surface area (Å²) in [4.78, 5) is 7.80. The quantitative estimate of drug-likeness (QED) is 0.830. The highest BCUT2D eigenvalue weighted by molar-refractivity contribution is 9.10. The van der Waals surface area contributed by atoms with Crippen molar-refractivity contribution in [3.05, 3.63) is 20.6 Å². The number of aryl methyl sites for hydroxylation is 1. The number of methoxy groups -OCH3 is 1. The highest BCUT2D eigenvalue weighted by Gasteiger charge is 2.31. The summed E-state index contributed by atoms with van der Waals surface area (Å²) in [7, 11) is 1.72. The van der Waals surface area contributed by atoms with E-state index in [-0.39, 0.29) is 5.60 Å². The zero-order chi connectivity index (χ0) is 13.1. The minimum atomic E-state index is -0.363. The fraction of sp³-hybridized carbons (Fsp3) is 0.667. The van der Waals surface area contributed by atoms with Crippen molar-refractivity contribution in [1.82, 2.24) is 9.97 Å². The molecule has 1 N–H and O–H groups in total. The summed E-state index contributed by atoms with van der Waals surface area (Å²) in [6, 6.07) is 0. The molecule has 17 heavy (non-hydrogen) atoms. The van der Waals surface area contributed by atoms with Crippen LogP contribution in [-0.4, -0.2) is 17.1 Å². The van der Waals surface area contributed by atoms with Gasteiger partial charge in [0.2, 0.25) is 0 Å². The van der Waals surface area contributed by atoms with Crippen molar-refractivity contribution < 1.29 is 4.74 Å². The topological polar surface area (TPSA) is 37.9 Å². The van der Waals surface area contributed by atoms with Crippen LogP contribution in [0.25, 0.3) is 0 Å². The standard InChI is InChI=1S/C12H19BrN2OS/c1-5-8-9(13)10(17)15-11(14-8)12(6-2,7-3)16-4/h5-7H2,1-4H3,(H,14,15,17). The predicted molar refractivity (Wildman–Crippen MR) is 75.8 cm³/mol. The molecule has 0 atom stereocenters. The Morgan fingerprint density at radius 3 is 2.35 bits per heavy atom. The van der Waals surface area contributed by atoms with Gasteiger partial charge in [0.15, 0.2) is 0 Å². The molecule has 1 heterocycles. The second-order valence-electron chi connectivity index (χ2n) is 3.94. The highest BCUT2D eigenvalue weighted by atomic mass is 79.9. The number of aromatic nitrogens is 2. The van der Waals surface area contributed by atoms with Crippen LogP contribution in [0.3, 0.4) is 0 Å². The molecular formula is C12H19BrN2OS. The Balaban J connectivity index is 3.40. The van der Waals surface area contributed by atoms with Gasteiger partial charge in [-0.2, -0.15) is 0 Å². The van der Waals surface area contributed by atoms with Crippen LogP contribution in [0.2, 0.25) is 0 Å². The lowest BCUT2D eigenvalue weighted by Gasteiger charge is -2.29. The van der Waals surface area contributed by atoms with E-state index in [1.807, 2.05) is 0 Å². The summed E-state index contributed by atoms with van der Waals surface area (Å²) < 4.78 is 7.14. The van der Waals surface area contributed by atoms with E-state index < -0.39 is 0 Å². The second-order valence-corrected chi connectivity index (χ2v) is 5.12. The smallest absolute Gasteiger partial charge is 0.144 e. The molecule has 0 saturated heterocycles. The lowest BCUT2D eigenvalue weighted by molar-refractivity contribution is -0.0294. The molecule has 0 aliphatic carbocycles. The van der Waals surface area contributed by atoms with E-state index in [0.717, 1.165) is 35.3 Å². The van der Waals surface area contributed by atoms with Crippen molar-refractivity contribution in [3.8, 4) is 0 Å². The van der Waals surface area contributed by atoms with Gasteiger partial charge in [0.1, 0.15) is 16.1 Å². The molecule has 0 amide bonds. The summed E-state index contributed by atoms with van der Waals surface area (Å²) in [5.41, 5.74) is 0.710. The molecule has 0 fully saturated rings. The van der Waals surface area contributed by atoms with Gasteiger partial charge in [0, 0.05) is 12.8 Å². The molecule has 0 bridgehead atoms. The van der Waals surface area contributed by atoms with E-state index in [0.29, 0.717) is 4.64 Å². The van der Waals surface area contributed by atoms with Crippen molar-refractivity contribution in [2.24, 2.45) is 0 Å². The molecule has 0 unspecified atom stereocenters. The molecule has 1 aromatic heterocycles. The molecule has 0 aliphatic rings. The van der Waals surface area contributed by atoms with Gasteiger partial charge in [-0.05, 0) is 35.2 Å². The van der Waals surface area contributed by atoms with E-state index >= 15 is 0 Å². The fourth-order valence-corrected chi connectivity index (χ4v) is 2.62. The zero-order valence-electron chi connectivity index (χ0n) is 10.8. The molecule has 5 heteroatoms. The van der Waals surface area contributed by atoms with Crippen LogP contribution in [0.1, 0.15) is 45.1 Å². The van der Waals surface area contributed by atoms with Crippen molar-refractivity contribution in [3.63, 3.8) is 0 Å². The Hall–Kier alpha value is -0.260. The summed E-state index contributed by atoms with van der Waals surface area (Å²) in [6.07, 6.45) is 2.61. The Labute approximate surface area is 116 Å². The Kier molecular flexibility index (Phi) is 5.28. The lowest BCUT2D eigenvalue weighted by atomic mass is 9.96. The van der Waals surface area contributed by atoms with Crippen LogP contribution in [0.15, 0.2) is 4.47 Å². The average Bonchev–Trinajstić information content (AvgIpc) is 2.36. The SMILES string of the molecule is CCc1[nH]c(C(CC)(CC)OC)nc(=S)c1Br. The third kappa shape index (κ3) is 2.77. The van der Waals surface area contributed by atoms with Crippen molar-refractivity contribution in [1.29, 1.82) is 0 Å². The average molecular weight is 319 g/mol. The van der Waals surface area contributed by atoms with Gasteiger partial charge >= 0.3 is 0 Å². The van der Waals surface area contributed by atoms with Gasteiger partial charge in [0.25, 0.3) is 0 Å². The molecule has 0 aromatic carbocycles. The molecule has 1 aromatic rings. The largest absolute Gasteiger partial charge is 0.370 e. The van der Waals surface area contributed by atoms with Crippen LogP contribution in [0, 0.1) is 4.64 Å². The first-order valence-corrected chi connectivity index (χ1v) is 7.09. The number of rotatable bonds is 5. The number of aromatic amines is 1. The first kappa shape index (κ1) is 14.8. The van der Waals surface area contributed by atoms with Crippen LogP contribution in [0.5, 0.6) is 0 Å². The third-order valence-electron chi connectivity index (χ3n) is 3.25. The number of ether oxygens (including phenoxy) is 1. The summed E-state index contributed by atoms with van der Waals surface area (Å²) in [6.45, 7) is 6.28. The monoisotopic (exact) mass is 318 g/mol. The minimum absolute atomic E-state index is 0.363. The molecule has 0 radical (unpaired) electrons. The first-order chi connectivity index (χ1) is 8.04. The molecular weight excluding hydrogens is 300 g/mol.